The molecule has 0 aromatic heterocycles. The summed E-state index contributed by atoms with van der Waals surface area (Å²) in [5.41, 5.74) is 5.21. The van der Waals surface area contributed by atoms with Gasteiger partial charge in [-0.05, 0) is 106 Å². The number of methoxy groups -OCH3 is 2. The van der Waals surface area contributed by atoms with Crippen LogP contribution in [0.5, 0.6) is 46.0 Å². The molecule has 6 rings (SSSR count). The van der Waals surface area contributed by atoms with Gasteiger partial charge in [0.25, 0.3) is 0 Å². The van der Waals surface area contributed by atoms with E-state index in [1.165, 1.54) is 0 Å². The zero-order valence-electron chi connectivity index (χ0n) is 42.0. The molecule has 10 nitrogen and oxygen atoms in total. The van der Waals surface area contributed by atoms with Crippen molar-refractivity contribution in [3.8, 4) is 57.1 Å². The van der Waals surface area contributed by atoms with Crippen LogP contribution in [-0.4, -0.2) is 24.4 Å². The van der Waals surface area contributed by atoms with Gasteiger partial charge in [0.2, 0.25) is 0 Å². The summed E-state index contributed by atoms with van der Waals surface area (Å²) in [6, 6.07) is 38.2. The molecule has 0 saturated carbocycles. The van der Waals surface area contributed by atoms with Crippen molar-refractivity contribution in [2.45, 2.75) is 118 Å². The summed E-state index contributed by atoms with van der Waals surface area (Å²) in [5.74, 6) is 4.70. The molecule has 0 atom stereocenters. The van der Waals surface area contributed by atoms with E-state index in [1.54, 1.807) is 14.2 Å². The van der Waals surface area contributed by atoms with Crippen molar-refractivity contribution in [3.05, 3.63) is 155 Å². The number of para-hydroxylation sites is 2. The number of hydrogen-bond acceptors (Lipinski definition) is 10. The smallest absolute Gasteiger partial charge is 0.497 e. The van der Waals surface area contributed by atoms with Crippen molar-refractivity contribution in [1.29, 1.82) is 0 Å². The highest BCUT2D eigenvalue weighted by molar-refractivity contribution is 7.43. The fourth-order valence-corrected chi connectivity index (χ4v) is 9.56. The van der Waals surface area contributed by atoms with E-state index in [9.17, 15) is 10.2 Å². The van der Waals surface area contributed by atoms with Crippen LogP contribution in [0.25, 0.3) is 11.1 Å². The summed E-state index contributed by atoms with van der Waals surface area (Å²) in [6.07, 6.45) is 0. The van der Waals surface area contributed by atoms with Crippen LogP contribution in [0.15, 0.2) is 121 Å². The van der Waals surface area contributed by atoms with Crippen LogP contribution in [0.3, 0.4) is 0 Å². The number of ether oxygens (including phenoxy) is 2. The average molecular weight is 963 g/mol. The Morgan fingerprint density at radius 2 is 0.632 bits per heavy atom. The fourth-order valence-electron chi connectivity index (χ4n) is 7.42. The van der Waals surface area contributed by atoms with E-state index < -0.39 is 17.2 Å². The third-order valence-electron chi connectivity index (χ3n) is 11.2. The van der Waals surface area contributed by atoms with Gasteiger partial charge in [-0.15, -0.1) is 0 Å². The lowest BCUT2D eigenvalue weighted by Gasteiger charge is -2.28. The van der Waals surface area contributed by atoms with E-state index in [0.717, 1.165) is 33.4 Å². The Bertz CT molecular complexity index is 2340. The SMILES string of the molecule is COc1ccc(OP(Oc2ccccc2-c2ccccc2OP(Oc2ccc(CO)cc2C(C)(C)C)Oc2ccc(CO)cc2C(C)(C)C)Oc2ccc(OC)cc2C(C)(C)C)c(C(C)(C)C)c1. The van der Waals surface area contributed by atoms with Gasteiger partial charge in [0.1, 0.15) is 46.0 Å². The number of aliphatic hydroxyl groups excluding tert-OH is 2. The Morgan fingerprint density at radius 1 is 0.353 bits per heavy atom. The molecule has 0 aliphatic heterocycles. The summed E-state index contributed by atoms with van der Waals surface area (Å²) in [4.78, 5) is 0. The zero-order valence-corrected chi connectivity index (χ0v) is 43.8. The third-order valence-corrected chi connectivity index (χ3v) is 13.2. The van der Waals surface area contributed by atoms with Crippen LogP contribution < -0.4 is 36.6 Å². The second-order valence-corrected chi connectivity index (χ2v) is 22.7. The van der Waals surface area contributed by atoms with E-state index in [1.807, 2.05) is 121 Å². The average Bonchev–Trinajstić information content (AvgIpc) is 3.28. The molecule has 0 heterocycles. The van der Waals surface area contributed by atoms with Gasteiger partial charge in [-0.3, -0.25) is 0 Å². The van der Waals surface area contributed by atoms with Gasteiger partial charge < -0.3 is 46.8 Å². The first-order chi connectivity index (χ1) is 32.0. The predicted molar refractivity (Wildman–Crippen MR) is 275 cm³/mol. The van der Waals surface area contributed by atoms with E-state index in [0.29, 0.717) is 57.1 Å². The van der Waals surface area contributed by atoms with Crippen molar-refractivity contribution < 1.29 is 46.8 Å². The van der Waals surface area contributed by atoms with Crippen molar-refractivity contribution in [2.24, 2.45) is 0 Å². The van der Waals surface area contributed by atoms with Crippen molar-refractivity contribution in [1.82, 2.24) is 0 Å². The van der Waals surface area contributed by atoms with Gasteiger partial charge in [-0.2, -0.15) is 0 Å². The molecule has 0 radical (unpaired) electrons. The first kappa shape index (κ1) is 51.9. The quantitative estimate of drug-likeness (QED) is 0.0857. The van der Waals surface area contributed by atoms with Crippen molar-refractivity contribution in [2.75, 3.05) is 14.2 Å². The monoisotopic (exact) mass is 962 g/mol. The van der Waals surface area contributed by atoms with Gasteiger partial charge in [0.15, 0.2) is 0 Å². The molecule has 12 heteroatoms. The summed E-state index contributed by atoms with van der Waals surface area (Å²) >= 11 is 0. The second kappa shape index (κ2) is 21.4. The van der Waals surface area contributed by atoms with Crippen molar-refractivity contribution >= 4 is 17.2 Å². The van der Waals surface area contributed by atoms with E-state index in [-0.39, 0.29) is 34.9 Å². The van der Waals surface area contributed by atoms with Crippen LogP contribution >= 0.6 is 17.2 Å². The first-order valence-corrected chi connectivity index (χ1v) is 24.9. The summed E-state index contributed by atoms with van der Waals surface area (Å²) in [6.45, 7) is 25.1. The molecule has 0 aliphatic carbocycles. The molecule has 0 amide bonds. The molecule has 6 aromatic carbocycles. The lowest BCUT2D eigenvalue weighted by atomic mass is 9.85. The van der Waals surface area contributed by atoms with Crippen LogP contribution in [0, 0.1) is 0 Å². The Labute approximate surface area is 406 Å². The van der Waals surface area contributed by atoms with Gasteiger partial charge >= 0.3 is 17.2 Å². The number of rotatable bonds is 17. The molecule has 0 fully saturated rings. The number of hydrogen-bond donors (Lipinski definition) is 2. The highest BCUT2D eigenvalue weighted by atomic mass is 31.2. The lowest BCUT2D eigenvalue weighted by Crippen LogP contribution is -2.16. The normalized spacial score (nSPS) is 12.2. The maximum atomic E-state index is 10.1. The largest absolute Gasteiger partial charge is 0.530 e. The molecular formula is C56H68O10P2. The minimum Gasteiger partial charge on any atom is -0.497 e. The van der Waals surface area contributed by atoms with Crippen molar-refractivity contribution in [3.63, 3.8) is 0 Å². The topological polar surface area (TPSA) is 114 Å². The number of benzene rings is 6. The lowest BCUT2D eigenvalue weighted by molar-refractivity contribution is 0.281. The van der Waals surface area contributed by atoms with Gasteiger partial charge in [-0.1, -0.05) is 132 Å². The summed E-state index contributed by atoms with van der Waals surface area (Å²) in [5, 5.41) is 20.2. The van der Waals surface area contributed by atoms with E-state index in [2.05, 4.69) is 83.1 Å². The molecule has 0 unspecified atom stereocenters. The maximum absolute atomic E-state index is 10.1. The molecule has 6 aromatic rings. The second-order valence-electron chi connectivity index (χ2n) is 20.7. The first-order valence-electron chi connectivity index (χ1n) is 22.7. The standard InChI is InChI=1S/C56H68O10P2/c1-53(2,3)43-31-37(35-57)23-27-49(43)63-67(64-50-28-24-38(36-58)32-44(50)54(4,5)6)61-47-21-17-15-19-41(47)42-20-16-18-22-48(42)62-68(65-51-29-25-39(59-13)33-45(51)55(7,8)9)66-52-30-26-40(60-14)34-46(52)56(10,11)12/h15-34,57-58H,35-36H2,1-14H3. The molecule has 0 aliphatic rings. The van der Waals surface area contributed by atoms with Gasteiger partial charge in [0, 0.05) is 33.4 Å². The molecule has 68 heavy (non-hydrogen) atoms. The van der Waals surface area contributed by atoms with Crippen LogP contribution in [0.1, 0.15) is 116 Å². The highest BCUT2D eigenvalue weighted by Crippen LogP contribution is 2.53. The van der Waals surface area contributed by atoms with Gasteiger partial charge in [-0.25, -0.2) is 0 Å². The van der Waals surface area contributed by atoms with Crippen LogP contribution in [-0.2, 0) is 34.9 Å². The molecular weight excluding hydrogens is 895 g/mol. The fraction of sp³-hybridized carbons (Fsp3) is 0.357. The Hall–Kier alpha value is -5.50. The molecule has 0 spiro atoms. The zero-order chi connectivity index (χ0) is 49.6. The Morgan fingerprint density at radius 3 is 0.926 bits per heavy atom. The number of aliphatic hydroxyl groups is 2. The van der Waals surface area contributed by atoms with Crippen LogP contribution in [0.2, 0.25) is 0 Å². The van der Waals surface area contributed by atoms with E-state index in [4.69, 9.17) is 36.6 Å². The minimum absolute atomic E-state index is 0.111. The summed E-state index contributed by atoms with van der Waals surface area (Å²) in [7, 11) is -1.10. The molecule has 2 N–H and O–H groups in total. The summed E-state index contributed by atoms with van der Waals surface area (Å²) < 4.78 is 52.6. The molecule has 0 saturated heterocycles. The maximum Gasteiger partial charge on any atom is 0.530 e. The van der Waals surface area contributed by atoms with Gasteiger partial charge in [0.05, 0.1) is 27.4 Å². The highest BCUT2D eigenvalue weighted by Gasteiger charge is 2.33. The molecule has 362 valence electrons. The third kappa shape index (κ3) is 13.0. The minimum atomic E-state index is -2.21. The van der Waals surface area contributed by atoms with Crippen LogP contribution in [0.4, 0.5) is 0 Å². The Kier molecular flexibility index (Phi) is 16.3. The predicted octanol–water partition coefficient (Wildman–Crippen LogP) is 15.1. The Balaban J connectivity index is 1.46. The molecule has 0 bridgehead atoms. The van der Waals surface area contributed by atoms with E-state index >= 15 is 0 Å².